The maximum Gasteiger partial charge on any atom is 0.508 e. The molecule has 0 aromatic carbocycles. The van der Waals surface area contributed by atoms with Gasteiger partial charge in [-0.2, -0.15) is 0 Å². The van der Waals surface area contributed by atoms with E-state index in [1.165, 1.54) is 44.9 Å². The standard InChI is InChI=1S/C30H48O5S2/c1-5-6-21(2)25-9-10-26-24-8-7-22-19-23(11-13-29(22,3)27(24)12-14-30(25,26)4)35-28(32)34-16-18-37-36-17-15-33-20-31/h7,20-21,23-27H,5-6,8-19H2,1-4H3/t21?,23?,24-,25?,26?,27?,29?,30?/m1/s1. The number of hydrogen-bond acceptors (Lipinski definition) is 7. The Hall–Kier alpha value is -0.820. The lowest BCUT2D eigenvalue weighted by Crippen LogP contribution is -2.51. The van der Waals surface area contributed by atoms with E-state index in [-0.39, 0.29) is 11.5 Å². The summed E-state index contributed by atoms with van der Waals surface area (Å²) in [6, 6.07) is 0. The van der Waals surface area contributed by atoms with E-state index in [0.717, 1.165) is 54.6 Å². The normalized spacial score (nSPS) is 37.4. The Morgan fingerprint density at radius 3 is 2.65 bits per heavy atom. The zero-order valence-corrected chi connectivity index (χ0v) is 25.0. The number of carbonyl (C=O) groups excluding carboxylic acids is 2. The Morgan fingerprint density at radius 1 is 1.11 bits per heavy atom. The molecule has 37 heavy (non-hydrogen) atoms. The Bertz CT molecular complexity index is 818. The second-order valence-corrected chi connectivity index (χ2v) is 15.1. The molecule has 210 valence electrons. The summed E-state index contributed by atoms with van der Waals surface area (Å²) in [5.41, 5.74) is 2.34. The molecular weight excluding hydrogens is 504 g/mol. The van der Waals surface area contributed by atoms with Crippen molar-refractivity contribution in [3.63, 3.8) is 0 Å². The average Bonchev–Trinajstić information content (AvgIpc) is 3.23. The summed E-state index contributed by atoms with van der Waals surface area (Å²) in [6.07, 6.45) is 14.4. The van der Waals surface area contributed by atoms with Crippen molar-refractivity contribution < 1.29 is 23.8 Å². The minimum absolute atomic E-state index is 0.0643. The van der Waals surface area contributed by atoms with Gasteiger partial charge in [-0.1, -0.05) is 73.8 Å². The van der Waals surface area contributed by atoms with Gasteiger partial charge in [-0.3, -0.25) is 4.79 Å². The van der Waals surface area contributed by atoms with Crippen molar-refractivity contribution in [2.24, 2.45) is 40.4 Å². The Balaban J connectivity index is 1.27. The summed E-state index contributed by atoms with van der Waals surface area (Å²) in [4.78, 5) is 22.4. The van der Waals surface area contributed by atoms with Gasteiger partial charge in [0.2, 0.25) is 0 Å². The molecule has 0 aliphatic heterocycles. The molecule has 4 aliphatic carbocycles. The molecule has 0 aromatic rings. The van der Waals surface area contributed by atoms with E-state index in [1.807, 2.05) is 0 Å². The third-order valence-corrected chi connectivity index (χ3v) is 13.0. The lowest BCUT2D eigenvalue weighted by molar-refractivity contribution is -0.128. The van der Waals surface area contributed by atoms with E-state index in [4.69, 9.17) is 9.47 Å². The number of allylic oxidation sites excluding steroid dienone is 1. The van der Waals surface area contributed by atoms with E-state index < -0.39 is 6.16 Å². The van der Waals surface area contributed by atoms with Crippen LogP contribution in [-0.2, 0) is 19.0 Å². The molecule has 8 atom stereocenters. The fraction of sp³-hybridized carbons (Fsp3) is 0.867. The lowest BCUT2D eigenvalue weighted by atomic mass is 9.47. The molecule has 0 radical (unpaired) electrons. The van der Waals surface area contributed by atoms with Crippen LogP contribution in [0.15, 0.2) is 11.6 Å². The van der Waals surface area contributed by atoms with Gasteiger partial charge in [0.25, 0.3) is 6.47 Å². The van der Waals surface area contributed by atoms with Crippen molar-refractivity contribution in [1.82, 2.24) is 0 Å². The summed E-state index contributed by atoms with van der Waals surface area (Å²) in [6.45, 7) is 11.2. The molecule has 4 aliphatic rings. The molecule has 0 bridgehead atoms. The highest BCUT2D eigenvalue weighted by Crippen LogP contribution is 2.67. The van der Waals surface area contributed by atoms with Gasteiger partial charge in [-0.05, 0) is 85.4 Å². The summed E-state index contributed by atoms with van der Waals surface area (Å²) in [5.74, 6) is 5.66. The number of ether oxygens (including phenoxy) is 3. The summed E-state index contributed by atoms with van der Waals surface area (Å²) in [5, 5.41) is 0. The number of carbonyl (C=O) groups is 2. The smallest absolute Gasteiger partial charge is 0.467 e. The SMILES string of the molecule is CCCC(C)C1CCC2[C@H]3CC=C4CC(OC(=O)OCCSSCCOC=O)CCC4(C)C3CCC12C. The van der Waals surface area contributed by atoms with Gasteiger partial charge in [0.1, 0.15) is 19.3 Å². The molecule has 0 amide bonds. The van der Waals surface area contributed by atoms with Gasteiger partial charge in [0, 0.05) is 17.9 Å². The molecule has 3 saturated carbocycles. The van der Waals surface area contributed by atoms with E-state index >= 15 is 0 Å². The van der Waals surface area contributed by atoms with Crippen LogP contribution in [0.25, 0.3) is 0 Å². The van der Waals surface area contributed by atoms with Crippen molar-refractivity contribution in [1.29, 1.82) is 0 Å². The van der Waals surface area contributed by atoms with Crippen LogP contribution in [0.3, 0.4) is 0 Å². The van der Waals surface area contributed by atoms with Crippen LogP contribution < -0.4 is 0 Å². The first-order valence-corrected chi connectivity index (χ1v) is 17.1. The molecule has 4 rings (SSSR count). The van der Waals surface area contributed by atoms with Crippen LogP contribution in [0.5, 0.6) is 0 Å². The lowest BCUT2D eigenvalue weighted by Gasteiger charge is -2.58. The van der Waals surface area contributed by atoms with Crippen LogP contribution in [0, 0.1) is 40.4 Å². The minimum Gasteiger partial charge on any atom is -0.467 e. The Kier molecular flexibility index (Phi) is 10.3. The highest BCUT2D eigenvalue weighted by atomic mass is 33.1. The van der Waals surface area contributed by atoms with E-state index in [1.54, 1.807) is 27.2 Å². The first-order valence-electron chi connectivity index (χ1n) is 14.7. The molecule has 0 heterocycles. The molecule has 3 fully saturated rings. The van der Waals surface area contributed by atoms with Gasteiger partial charge in [-0.15, -0.1) is 0 Å². The number of fused-ring (bicyclic) bond motifs is 5. The topological polar surface area (TPSA) is 61.8 Å². The molecule has 0 saturated heterocycles. The maximum atomic E-state index is 12.3. The van der Waals surface area contributed by atoms with Gasteiger partial charge in [0.15, 0.2) is 0 Å². The second kappa shape index (κ2) is 13.0. The Labute approximate surface area is 232 Å². The molecule has 7 unspecified atom stereocenters. The first-order chi connectivity index (χ1) is 17.8. The molecule has 7 heteroatoms. The highest BCUT2D eigenvalue weighted by molar-refractivity contribution is 8.76. The maximum absolute atomic E-state index is 12.3. The zero-order valence-electron chi connectivity index (χ0n) is 23.4. The molecule has 0 N–H and O–H groups in total. The van der Waals surface area contributed by atoms with Crippen LogP contribution in [0.2, 0.25) is 0 Å². The third kappa shape index (κ3) is 6.34. The van der Waals surface area contributed by atoms with E-state index in [2.05, 4.69) is 38.5 Å². The molecule has 5 nitrogen and oxygen atoms in total. The highest BCUT2D eigenvalue weighted by Gasteiger charge is 2.59. The van der Waals surface area contributed by atoms with E-state index in [9.17, 15) is 9.59 Å². The summed E-state index contributed by atoms with van der Waals surface area (Å²) >= 11 is 0. The average molecular weight is 553 g/mol. The van der Waals surface area contributed by atoms with Gasteiger partial charge >= 0.3 is 6.16 Å². The van der Waals surface area contributed by atoms with Gasteiger partial charge in [-0.25, -0.2) is 4.79 Å². The van der Waals surface area contributed by atoms with Crippen LogP contribution in [0.1, 0.15) is 91.9 Å². The predicted molar refractivity (Wildman–Crippen MR) is 152 cm³/mol. The monoisotopic (exact) mass is 552 g/mol. The van der Waals surface area contributed by atoms with Crippen LogP contribution >= 0.6 is 21.6 Å². The number of rotatable bonds is 12. The minimum atomic E-state index is -0.538. The summed E-state index contributed by atoms with van der Waals surface area (Å²) < 4.78 is 15.7. The fourth-order valence-electron chi connectivity index (χ4n) is 8.94. The van der Waals surface area contributed by atoms with Crippen molar-refractivity contribution in [3.8, 4) is 0 Å². The zero-order chi connectivity index (χ0) is 26.5. The van der Waals surface area contributed by atoms with Crippen molar-refractivity contribution in [2.75, 3.05) is 24.7 Å². The van der Waals surface area contributed by atoms with Crippen molar-refractivity contribution in [3.05, 3.63) is 11.6 Å². The molecule has 0 aromatic heterocycles. The van der Waals surface area contributed by atoms with Gasteiger partial charge < -0.3 is 14.2 Å². The Morgan fingerprint density at radius 2 is 1.89 bits per heavy atom. The fourth-order valence-corrected chi connectivity index (χ4v) is 10.6. The molecular formula is C30H48O5S2. The van der Waals surface area contributed by atoms with Gasteiger partial charge in [0.05, 0.1) is 0 Å². The third-order valence-electron chi connectivity index (χ3n) is 10.6. The second-order valence-electron chi connectivity index (χ2n) is 12.4. The van der Waals surface area contributed by atoms with Crippen LogP contribution in [0.4, 0.5) is 4.79 Å². The first kappa shape index (κ1) is 29.2. The quantitative estimate of drug-likeness (QED) is 0.0797. The largest absolute Gasteiger partial charge is 0.508 e. The van der Waals surface area contributed by atoms with Crippen LogP contribution in [-0.4, -0.2) is 43.5 Å². The molecule has 0 spiro atoms. The summed E-state index contributed by atoms with van der Waals surface area (Å²) in [7, 11) is 3.21. The van der Waals surface area contributed by atoms with E-state index in [0.29, 0.717) is 30.9 Å². The van der Waals surface area contributed by atoms with Crippen molar-refractivity contribution in [2.45, 2.75) is 98.0 Å². The predicted octanol–water partition coefficient (Wildman–Crippen LogP) is 8.08. The van der Waals surface area contributed by atoms with Crippen molar-refractivity contribution >= 4 is 34.2 Å². The number of hydrogen-bond donors (Lipinski definition) is 0.